The first-order valence-electron chi connectivity index (χ1n) is 4.62. The van der Waals surface area contributed by atoms with Gasteiger partial charge in [0.1, 0.15) is 0 Å². The van der Waals surface area contributed by atoms with Crippen molar-refractivity contribution in [3.8, 4) is 0 Å². The lowest BCUT2D eigenvalue weighted by Gasteiger charge is -1.89. The quantitative estimate of drug-likeness (QED) is 0.416. The maximum atomic E-state index is 3.63. The van der Waals surface area contributed by atoms with Crippen LogP contribution in [0.2, 0.25) is 0 Å². The average Bonchev–Trinajstić information content (AvgIpc) is 2.17. The molecular formula is C13H24. The van der Waals surface area contributed by atoms with Gasteiger partial charge in [0, 0.05) is 0 Å². The number of hydrogen-bond acceptors (Lipinski definition) is 0. The van der Waals surface area contributed by atoms with Gasteiger partial charge in [-0.05, 0) is 32.6 Å². The second-order valence-corrected chi connectivity index (χ2v) is 2.27. The largest absolute Gasteiger partial charge is 0.106 e. The van der Waals surface area contributed by atoms with Crippen LogP contribution in [0.3, 0.4) is 0 Å². The van der Waals surface area contributed by atoms with Crippen LogP contribution in [0.5, 0.6) is 0 Å². The molecule has 0 aromatic carbocycles. The molecule has 0 N–H and O–H groups in total. The fourth-order valence-electron chi connectivity index (χ4n) is 0.577. The molecule has 0 saturated heterocycles. The Morgan fingerprint density at radius 3 is 1.23 bits per heavy atom. The van der Waals surface area contributed by atoms with Crippen molar-refractivity contribution in [3.05, 3.63) is 51.1 Å². The number of rotatable bonds is 5. The topological polar surface area (TPSA) is 0 Å². The van der Waals surface area contributed by atoms with Gasteiger partial charge in [0.15, 0.2) is 0 Å². The van der Waals surface area contributed by atoms with E-state index >= 15 is 0 Å². The predicted molar refractivity (Wildman–Crippen MR) is 66.0 cm³/mol. The van der Waals surface area contributed by atoms with Crippen LogP contribution in [0.15, 0.2) is 51.1 Å². The SMILES string of the molecule is C=C.C=CC.C=CCCCCC=C. The monoisotopic (exact) mass is 180 g/mol. The Labute approximate surface area is 84.4 Å². The highest BCUT2D eigenvalue weighted by Gasteiger charge is 1.79. The van der Waals surface area contributed by atoms with Crippen molar-refractivity contribution in [2.75, 3.05) is 0 Å². The van der Waals surface area contributed by atoms with Gasteiger partial charge in [0.25, 0.3) is 0 Å². The molecule has 0 nitrogen and oxygen atoms in total. The zero-order valence-corrected chi connectivity index (χ0v) is 9.10. The van der Waals surface area contributed by atoms with Crippen LogP contribution in [0, 0.1) is 0 Å². The van der Waals surface area contributed by atoms with E-state index in [1.807, 2.05) is 19.1 Å². The van der Waals surface area contributed by atoms with E-state index in [1.165, 1.54) is 12.8 Å². The molecule has 0 rings (SSSR count). The molecule has 0 aliphatic carbocycles. The van der Waals surface area contributed by atoms with E-state index in [-0.39, 0.29) is 0 Å². The van der Waals surface area contributed by atoms with Gasteiger partial charge in [0.2, 0.25) is 0 Å². The van der Waals surface area contributed by atoms with Crippen LogP contribution < -0.4 is 0 Å². The summed E-state index contributed by atoms with van der Waals surface area (Å²) in [5.41, 5.74) is 0. The maximum Gasteiger partial charge on any atom is -0.0353 e. The number of hydrogen-bond donors (Lipinski definition) is 0. The molecule has 0 aromatic heterocycles. The molecule has 0 spiro atoms. The van der Waals surface area contributed by atoms with Crippen LogP contribution in [0.25, 0.3) is 0 Å². The third-order valence-corrected chi connectivity index (χ3v) is 1.07. The van der Waals surface area contributed by atoms with Gasteiger partial charge in [-0.2, -0.15) is 0 Å². The van der Waals surface area contributed by atoms with Crippen LogP contribution in [-0.4, -0.2) is 0 Å². The first kappa shape index (κ1) is 17.9. The van der Waals surface area contributed by atoms with Gasteiger partial charge in [0.05, 0.1) is 0 Å². The second kappa shape index (κ2) is 30.6. The third-order valence-electron chi connectivity index (χ3n) is 1.07. The maximum absolute atomic E-state index is 3.63. The van der Waals surface area contributed by atoms with Crippen molar-refractivity contribution in [2.45, 2.75) is 32.6 Å². The van der Waals surface area contributed by atoms with Crippen molar-refractivity contribution in [2.24, 2.45) is 0 Å². The third kappa shape index (κ3) is 56.1. The molecule has 0 fully saturated rings. The van der Waals surface area contributed by atoms with Gasteiger partial charge >= 0.3 is 0 Å². The summed E-state index contributed by atoms with van der Waals surface area (Å²) in [6.07, 6.45) is 10.5. The summed E-state index contributed by atoms with van der Waals surface area (Å²) in [6.45, 7) is 18.5. The van der Waals surface area contributed by atoms with Crippen molar-refractivity contribution in [1.82, 2.24) is 0 Å². The smallest absolute Gasteiger partial charge is 0.0353 e. The average molecular weight is 180 g/mol. The second-order valence-electron chi connectivity index (χ2n) is 2.27. The Morgan fingerprint density at radius 2 is 1.08 bits per heavy atom. The Kier molecular flexibility index (Phi) is 42.1. The molecule has 0 atom stereocenters. The standard InChI is InChI=1S/C8H14.C3H6.C2H4/c1-3-5-7-8-6-4-2;1-3-2;1-2/h3-4H,1-2,5-8H2;3H,1H2,2H3;1-2H2. The van der Waals surface area contributed by atoms with E-state index in [4.69, 9.17) is 0 Å². The lowest BCUT2D eigenvalue weighted by Crippen LogP contribution is -1.69. The zero-order valence-electron chi connectivity index (χ0n) is 9.10. The summed E-state index contributed by atoms with van der Waals surface area (Å²) < 4.78 is 0. The van der Waals surface area contributed by atoms with Crippen molar-refractivity contribution < 1.29 is 0 Å². The van der Waals surface area contributed by atoms with Gasteiger partial charge in [-0.1, -0.05) is 18.2 Å². The van der Waals surface area contributed by atoms with Gasteiger partial charge in [-0.25, -0.2) is 0 Å². The minimum Gasteiger partial charge on any atom is -0.106 e. The highest BCUT2D eigenvalue weighted by Crippen LogP contribution is 1.99. The van der Waals surface area contributed by atoms with Crippen LogP contribution in [-0.2, 0) is 0 Å². The molecule has 0 aliphatic rings. The molecule has 0 heterocycles. The number of unbranched alkanes of at least 4 members (excludes halogenated alkanes) is 3. The predicted octanol–water partition coefficient (Wildman–Crippen LogP) is 4.91. The minimum atomic E-state index is 1.15. The van der Waals surface area contributed by atoms with Crippen LogP contribution in [0.4, 0.5) is 0 Å². The summed E-state index contributed by atoms with van der Waals surface area (Å²) in [5.74, 6) is 0. The molecule has 0 aromatic rings. The summed E-state index contributed by atoms with van der Waals surface area (Å²) in [6, 6.07) is 0. The summed E-state index contributed by atoms with van der Waals surface area (Å²) >= 11 is 0. The molecule has 0 aliphatic heterocycles. The van der Waals surface area contributed by atoms with Gasteiger partial charge in [-0.3, -0.25) is 0 Å². The number of allylic oxidation sites excluding steroid dienone is 3. The highest BCUT2D eigenvalue weighted by atomic mass is 13.9. The Balaban J connectivity index is -0.000000169. The molecule has 0 bridgehead atoms. The Morgan fingerprint density at radius 1 is 0.846 bits per heavy atom. The molecule has 76 valence electrons. The summed E-state index contributed by atoms with van der Waals surface area (Å²) in [4.78, 5) is 0. The summed E-state index contributed by atoms with van der Waals surface area (Å²) in [5, 5.41) is 0. The normalized spacial score (nSPS) is 6.54. The van der Waals surface area contributed by atoms with E-state index in [1.54, 1.807) is 6.08 Å². The first-order chi connectivity index (χ1) is 6.33. The fraction of sp³-hybridized carbons (Fsp3) is 0.385. The van der Waals surface area contributed by atoms with E-state index in [2.05, 4.69) is 32.9 Å². The van der Waals surface area contributed by atoms with E-state index in [0.717, 1.165) is 12.8 Å². The Bertz CT molecular complexity index is 90.6. The molecule has 13 heavy (non-hydrogen) atoms. The molecule has 0 unspecified atom stereocenters. The van der Waals surface area contributed by atoms with Crippen LogP contribution in [0.1, 0.15) is 32.6 Å². The fourth-order valence-corrected chi connectivity index (χ4v) is 0.577. The lowest BCUT2D eigenvalue weighted by atomic mass is 10.2. The highest BCUT2D eigenvalue weighted by molar-refractivity contribution is 4.69. The van der Waals surface area contributed by atoms with Crippen LogP contribution >= 0.6 is 0 Å². The van der Waals surface area contributed by atoms with E-state index in [9.17, 15) is 0 Å². The van der Waals surface area contributed by atoms with Gasteiger partial charge < -0.3 is 0 Å². The Hall–Kier alpha value is -1.04. The van der Waals surface area contributed by atoms with Crippen molar-refractivity contribution in [1.29, 1.82) is 0 Å². The zero-order chi connectivity index (χ0) is 10.9. The molecule has 0 amide bonds. The molecule has 0 saturated carbocycles. The van der Waals surface area contributed by atoms with E-state index in [0.29, 0.717) is 0 Å². The summed E-state index contributed by atoms with van der Waals surface area (Å²) in [7, 11) is 0. The first-order valence-corrected chi connectivity index (χ1v) is 4.62. The van der Waals surface area contributed by atoms with Gasteiger partial charge in [-0.15, -0.1) is 32.9 Å². The lowest BCUT2D eigenvalue weighted by molar-refractivity contribution is 0.764. The van der Waals surface area contributed by atoms with Crippen molar-refractivity contribution in [3.63, 3.8) is 0 Å². The molecule has 0 radical (unpaired) electrons. The molecular weight excluding hydrogens is 156 g/mol. The van der Waals surface area contributed by atoms with Crippen molar-refractivity contribution >= 4 is 0 Å². The van der Waals surface area contributed by atoms with E-state index < -0.39 is 0 Å². The molecule has 0 heteroatoms. The minimum absolute atomic E-state index is 1.15.